The van der Waals surface area contributed by atoms with Gasteiger partial charge in [-0.15, -0.1) is 0 Å². The molecule has 2 heterocycles. The van der Waals surface area contributed by atoms with Crippen molar-refractivity contribution >= 4 is 0 Å². The number of hydrogen-bond donors (Lipinski definition) is 0. The number of likely N-dealkylation sites (tertiary alicyclic amines) is 1. The fourth-order valence-corrected chi connectivity index (χ4v) is 9.26. The lowest BCUT2D eigenvalue weighted by molar-refractivity contribution is -0.127. The molecule has 4 fully saturated rings. The normalized spacial score (nSPS) is 53.4. The molecule has 2 heteroatoms. The van der Waals surface area contributed by atoms with E-state index in [1.54, 1.807) is 11.3 Å². The Kier molecular flexibility index (Phi) is 3.33. The van der Waals surface area contributed by atoms with Crippen LogP contribution in [-0.4, -0.2) is 30.2 Å². The molecule has 2 nitrogen and oxygen atoms in total. The van der Waals surface area contributed by atoms with Crippen LogP contribution < -0.4 is 0 Å². The second-order valence-electron chi connectivity index (χ2n) is 11.2. The minimum absolute atomic E-state index is 0.104. The quantitative estimate of drug-likeness (QED) is 0.573. The van der Waals surface area contributed by atoms with Gasteiger partial charge in [-0.2, -0.15) is 0 Å². The van der Waals surface area contributed by atoms with E-state index in [2.05, 4.69) is 36.1 Å². The molecule has 1 spiro atoms. The molecule has 0 aromatic carbocycles. The van der Waals surface area contributed by atoms with Crippen LogP contribution >= 0.6 is 0 Å². The van der Waals surface area contributed by atoms with E-state index >= 15 is 0 Å². The summed E-state index contributed by atoms with van der Waals surface area (Å²) in [6.45, 7) is 6.07. The van der Waals surface area contributed by atoms with Crippen molar-refractivity contribution in [3.63, 3.8) is 0 Å². The van der Waals surface area contributed by atoms with Crippen LogP contribution in [0.1, 0.15) is 58.3 Å². The lowest BCUT2D eigenvalue weighted by Crippen LogP contribution is -2.54. The molecule has 4 unspecified atom stereocenters. The molecule has 7 rings (SSSR count). The number of ether oxygens (including phenoxy) is 1. The van der Waals surface area contributed by atoms with Crippen LogP contribution in [0.5, 0.6) is 0 Å². The Labute approximate surface area is 170 Å². The Hall–Kier alpha value is -1.02. The summed E-state index contributed by atoms with van der Waals surface area (Å²) in [5.41, 5.74) is 3.87. The maximum Gasteiger partial charge on any atom is 0.0954 e. The van der Waals surface area contributed by atoms with Crippen molar-refractivity contribution in [3.05, 3.63) is 35.6 Å². The SMILES string of the molecule is C[C@]12CCC3C4CCC(N5CCCC5)=CC4=CCC3C1[C@@H]1C[C@@H]1[C@@]21C=CCO1. The molecule has 5 aliphatic carbocycles. The maximum absolute atomic E-state index is 6.54. The number of hydrogen-bond acceptors (Lipinski definition) is 2. The van der Waals surface area contributed by atoms with Gasteiger partial charge in [0.1, 0.15) is 0 Å². The van der Waals surface area contributed by atoms with Gasteiger partial charge >= 0.3 is 0 Å². The van der Waals surface area contributed by atoms with Crippen molar-refractivity contribution in [3.8, 4) is 0 Å². The van der Waals surface area contributed by atoms with Crippen LogP contribution in [0.3, 0.4) is 0 Å². The van der Waals surface area contributed by atoms with Crippen molar-refractivity contribution in [2.75, 3.05) is 19.7 Å². The third kappa shape index (κ3) is 1.94. The average Bonchev–Trinajstić information content (AvgIpc) is 3.12. The number of fused-ring (bicyclic) bond motifs is 9. The standard InChI is InChI=1S/C26H35NO/c1-25-11-9-20-19-8-6-18(27-12-2-3-13-27)15-17(19)5-7-21(20)24(25)22-16-23(22)26(25)10-4-14-28-26/h4-5,10,15,19-24H,2-3,6-9,11-14,16H2,1H3/t19?,20?,21?,22-,23+,24?,25+,26+/m1/s1. The van der Waals surface area contributed by atoms with Crippen LogP contribution in [0.4, 0.5) is 0 Å². The summed E-state index contributed by atoms with van der Waals surface area (Å²) in [6.07, 6.45) is 21.3. The van der Waals surface area contributed by atoms with Gasteiger partial charge in [0, 0.05) is 24.2 Å². The lowest BCUT2D eigenvalue weighted by Gasteiger charge is -2.56. The van der Waals surface area contributed by atoms with Gasteiger partial charge in [-0.25, -0.2) is 0 Å². The Bertz CT molecular complexity index is 788. The van der Waals surface area contributed by atoms with Crippen LogP contribution in [0.2, 0.25) is 0 Å². The average molecular weight is 378 g/mol. The molecular weight excluding hydrogens is 342 g/mol. The first kappa shape index (κ1) is 16.7. The highest BCUT2D eigenvalue weighted by Gasteiger charge is 2.76. The number of nitrogens with zero attached hydrogens (tertiary/aromatic N) is 1. The van der Waals surface area contributed by atoms with Crippen molar-refractivity contribution < 1.29 is 4.74 Å². The van der Waals surface area contributed by atoms with Gasteiger partial charge in [0.25, 0.3) is 0 Å². The van der Waals surface area contributed by atoms with Crippen LogP contribution in [-0.2, 0) is 4.74 Å². The Balaban J connectivity index is 1.21. The topological polar surface area (TPSA) is 12.5 Å². The van der Waals surface area contributed by atoms with Crippen LogP contribution in [0, 0.1) is 40.9 Å². The zero-order chi connectivity index (χ0) is 18.5. The highest BCUT2D eigenvalue weighted by Crippen LogP contribution is 2.77. The molecule has 0 radical (unpaired) electrons. The molecule has 3 saturated carbocycles. The highest BCUT2D eigenvalue weighted by molar-refractivity contribution is 5.36. The monoisotopic (exact) mass is 377 g/mol. The van der Waals surface area contributed by atoms with E-state index in [9.17, 15) is 0 Å². The van der Waals surface area contributed by atoms with Crippen molar-refractivity contribution in [2.45, 2.75) is 63.9 Å². The maximum atomic E-state index is 6.54. The fourth-order valence-electron chi connectivity index (χ4n) is 9.26. The smallest absolute Gasteiger partial charge is 0.0954 e. The molecule has 150 valence electrons. The molecule has 0 N–H and O–H groups in total. The first-order valence-corrected chi connectivity index (χ1v) is 12.2. The van der Waals surface area contributed by atoms with Crippen molar-refractivity contribution in [1.29, 1.82) is 0 Å². The minimum atomic E-state index is 0.104. The second kappa shape index (κ2) is 5.56. The molecule has 1 saturated heterocycles. The molecule has 2 aliphatic heterocycles. The Morgan fingerprint density at radius 2 is 2.00 bits per heavy atom. The Morgan fingerprint density at radius 1 is 1.11 bits per heavy atom. The lowest BCUT2D eigenvalue weighted by atomic mass is 9.50. The summed E-state index contributed by atoms with van der Waals surface area (Å²) in [5, 5.41) is 0. The van der Waals surface area contributed by atoms with Gasteiger partial charge in [-0.3, -0.25) is 0 Å². The predicted molar refractivity (Wildman–Crippen MR) is 112 cm³/mol. The predicted octanol–water partition coefficient (Wildman–Crippen LogP) is 5.33. The van der Waals surface area contributed by atoms with Crippen molar-refractivity contribution in [1.82, 2.24) is 4.90 Å². The summed E-state index contributed by atoms with van der Waals surface area (Å²) < 4.78 is 6.54. The first-order chi connectivity index (χ1) is 13.7. The van der Waals surface area contributed by atoms with Gasteiger partial charge in [0.15, 0.2) is 0 Å². The second-order valence-corrected chi connectivity index (χ2v) is 11.2. The molecule has 0 aromatic heterocycles. The van der Waals surface area contributed by atoms with Crippen LogP contribution in [0.15, 0.2) is 35.6 Å². The largest absolute Gasteiger partial charge is 0.375 e. The van der Waals surface area contributed by atoms with E-state index in [1.165, 1.54) is 64.5 Å². The van der Waals surface area contributed by atoms with E-state index in [0.717, 1.165) is 42.1 Å². The van der Waals surface area contributed by atoms with E-state index in [0.29, 0.717) is 5.41 Å². The number of rotatable bonds is 1. The van der Waals surface area contributed by atoms with E-state index in [-0.39, 0.29) is 5.60 Å². The summed E-state index contributed by atoms with van der Waals surface area (Å²) in [7, 11) is 0. The van der Waals surface area contributed by atoms with Gasteiger partial charge in [0.05, 0.1) is 12.2 Å². The molecule has 0 aromatic rings. The van der Waals surface area contributed by atoms with Gasteiger partial charge in [-0.05, 0) is 98.5 Å². The Morgan fingerprint density at radius 3 is 2.82 bits per heavy atom. The van der Waals surface area contributed by atoms with E-state index in [4.69, 9.17) is 4.74 Å². The molecule has 7 aliphatic rings. The molecule has 0 bridgehead atoms. The first-order valence-electron chi connectivity index (χ1n) is 12.2. The van der Waals surface area contributed by atoms with Gasteiger partial charge in [-0.1, -0.05) is 25.2 Å². The summed E-state index contributed by atoms with van der Waals surface area (Å²) in [5.74, 6) is 5.40. The minimum Gasteiger partial charge on any atom is -0.375 e. The summed E-state index contributed by atoms with van der Waals surface area (Å²) >= 11 is 0. The van der Waals surface area contributed by atoms with Gasteiger partial charge < -0.3 is 9.64 Å². The third-order valence-corrected chi connectivity index (χ3v) is 10.4. The summed E-state index contributed by atoms with van der Waals surface area (Å²) in [4.78, 5) is 2.68. The van der Waals surface area contributed by atoms with E-state index in [1.807, 2.05) is 0 Å². The third-order valence-electron chi connectivity index (χ3n) is 10.4. The molecule has 0 amide bonds. The fraction of sp³-hybridized carbons (Fsp3) is 0.769. The molecule has 28 heavy (non-hydrogen) atoms. The van der Waals surface area contributed by atoms with Gasteiger partial charge in [0.2, 0.25) is 0 Å². The van der Waals surface area contributed by atoms with E-state index < -0.39 is 0 Å². The molecular formula is C26H35NO. The summed E-state index contributed by atoms with van der Waals surface area (Å²) in [6, 6.07) is 0. The zero-order valence-electron chi connectivity index (χ0n) is 17.4. The van der Waals surface area contributed by atoms with Crippen LogP contribution in [0.25, 0.3) is 0 Å². The molecule has 8 atom stereocenters. The van der Waals surface area contributed by atoms with Crippen molar-refractivity contribution in [2.24, 2.45) is 40.9 Å². The number of allylic oxidation sites excluding steroid dienone is 4. The zero-order valence-corrected chi connectivity index (χ0v) is 17.4. The highest BCUT2D eigenvalue weighted by atomic mass is 16.5.